The predicted molar refractivity (Wildman–Crippen MR) is 74.9 cm³/mol. The van der Waals surface area contributed by atoms with Crippen molar-refractivity contribution in [3.05, 3.63) is 0 Å². The van der Waals surface area contributed by atoms with Gasteiger partial charge in [0.25, 0.3) is 0 Å². The normalized spacial score (nSPS) is 36.6. The standard InChI is InChI=1S/C14H20O4.C2H6/c1-3-7(4-2)13(15)17-11-8-5-9-10(6-8)14(16)18-12(9)11;1-2/h7-12H,3-6H2,1-2H3;1-2H3. The summed E-state index contributed by atoms with van der Waals surface area (Å²) in [5.41, 5.74) is 0. The Kier molecular flexibility index (Phi) is 4.71. The van der Waals surface area contributed by atoms with Gasteiger partial charge < -0.3 is 9.47 Å². The molecule has 0 aromatic rings. The van der Waals surface area contributed by atoms with Gasteiger partial charge in [-0.3, -0.25) is 9.59 Å². The quantitative estimate of drug-likeness (QED) is 0.744. The second kappa shape index (κ2) is 6.15. The van der Waals surface area contributed by atoms with Crippen LogP contribution >= 0.6 is 0 Å². The van der Waals surface area contributed by atoms with E-state index in [1.54, 1.807) is 0 Å². The van der Waals surface area contributed by atoms with Gasteiger partial charge in [-0.05, 0) is 25.7 Å². The molecule has 0 amide bonds. The highest BCUT2D eigenvalue weighted by Crippen LogP contribution is 2.55. The minimum atomic E-state index is -0.175. The van der Waals surface area contributed by atoms with Crippen molar-refractivity contribution in [3.8, 4) is 0 Å². The highest BCUT2D eigenvalue weighted by atomic mass is 16.6. The molecule has 5 atom stereocenters. The lowest BCUT2D eigenvalue weighted by molar-refractivity contribution is -0.165. The molecule has 114 valence electrons. The second-order valence-electron chi connectivity index (χ2n) is 5.82. The van der Waals surface area contributed by atoms with Gasteiger partial charge in [0.15, 0.2) is 0 Å². The molecule has 0 N–H and O–H groups in total. The molecule has 4 nitrogen and oxygen atoms in total. The van der Waals surface area contributed by atoms with Crippen molar-refractivity contribution < 1.29 is 19.1 Å². The first-order valence-electron chi connectivity index (χ1n) is 8.06. The molecular weight excluding hydrogens is 256 g/mol. The fraction of sp³-hybridized carbons (Fsp3) is 0.875. The summed E-state index contributed by atoms with van der Waals surface area (Å²) in [6.45, 7) is 8.00. The average Bonchev–Trinajstić information content (AvgIpc) is 3.07. The molecule has 1 aliphatic heterocycles. The molecule has 0 aromatic heterocycles. The summed E-state index contributed by atoms with van der Waals surface area (Å²) in [7, 11) is 0. The van der Waals surface area contributed by atoms with Crippen LogP contribution in [0.2, 0.25) is 0 Å². The second-order valence-corrected chi connectivity index (χ2v) is 5.82. The molecule has 20 heavy (non-hydrogen) atoms. The molecule has 2 bridgehead atoms. The number of fused-ring (bicyclic) bond motifs is 1. The maximum atomic E-state index is 12.0. The van der Waals surface area contributed by atoms with Gasteiger partial charge in [-0.15, -0.1) is 0 Å². The van der Waals surface area contributed by atoms with Gasteiger partial charge in [0.05, 0.1) is 11.8 Å². The third-order valence-electron chi connectivity index (χ3n) is 4.98. The van der Waals surface area contributed by atoms with E-state index in [9.17, 15) is 9.59 Å². The zero-order chi connectivity index (χ0) is 14.9. The smallest absolute Gasteiger partial charge is 0.309 e. The molecule has 2 aliphatic carbocycles. The fourth-order valence-corrected chi connectivity index (χ4v) is 3.92. The molecule has 3 aliphatic rings. The van der Waals surface area contributed by atoms with E-state index in [1.165, 1.54) is 0 Å². The van der Waals surface area contributed by atoms with E-state index in [0.29, 0.717) is 11.8 Å². The van der Waals surface area contributed by atoms with Crippen LogP contribution < -0.4 is 0 Å². The number of ether oxygens (including phenoxy) is 2. The number of esters is 2. The maximum absolute atomic E-state index is 12.0. The number of carbonyl (C=O) groups is 2. The lowest BCUT2D eigenvalue weighted by Crippen LogP contribution is -2.37. The van der Waals surface area contributed by atoms with Gasteiger partial charge in [0, 0.05) is 11.8 Å². The van der Waals surface area contributed by atoms with Gasteiger partial charge in [0.2, 0.25) is 0 Å². The molecule has 2 saturated carbocycles. The molecule has 0 aromatic carbocycles. The summed E-state index contributed by atoms with van der Waals surface area (Å²) in [6, 6.07) is 0. The summed E-state index contributed by atoms with van der Waals surface area (Å²) in [6.07, 6.45) is 3.13. The van der Waals surface area contributed by atoms with Crippen LogP contribution in [-0.2, 0) is 19.1 Å². The Morgan fingerprint density at radius 1 is 1.30 bits per heavy atom. The Morgan fingerprint density at radius 3 is 2.55 bits per heavy atom. The molecule has 4 heteroatoms. The van der Waals surface area contributed by atoms with E-state index in [1.807, 2.05) is 27.7 Å². The molecule has 1 heterocycles. The fourth-order valence-electron chi connectivity index (χ4n) is 3.92. The van der Waals surface area contributed by atoms with Crippen molar-refractivity contribution in [2.75, 3.05) is 0 Å². The zero-order valence-corrected chi connectivity index (χ0v) is 12.9. The zero-order valence-electron chi connectivity index (χ0n) is 12.9. The maximum Gasteiger partial charge on any atom is 0.309 e. The van der Waals surface area contributed by atoms with Crippen LogP contribution in [-0.4, -0.2) is 24.1 Å². The van der Waals surface area contributed by atoms with E-state index in [-0.39, 0.29) is 36.0 Å². The van der Waals surface area contributed by atoms with Crippen molar-refractivity contribution in [3.63, 3.8) is 0 Å². The van der Waals surface area contributed by atoms with E-state index in [2.05, 4.69) is 0 Å². The summed E-state index contributed by atoms with van der Waals surface area (Å²) in [5, 5.41) is 0. The minimum Gasteiger partial charge on any atom is -0.458 e. The molecule has 3 rings (SSSR count). The minimum absolute atomic E-state index is 0.0166. The van der Waals surface area contributed by atoms with Gasteiger partial charge in [0.1, 0.15) is 12.2 Å². The molecule has 0 spiro atoms. The van der Waals surface area contributed by atoms with Crippen LogP contribution in [0.5, 0.6) is 0 Å². The summed E-state index contributed by atoms with van der Waals surface area (Å²) in [5.74, 6) is 0.530. The predicted octanol–water partition coefficient (Wildman–Crippen LogP) is 2.94. The van der Waals surface area contributed by atoms with Gasteiger partial charge in [-0.2, -0.15) is 0 Å². The first-order valence-corrected chi connectivity index (χ1v) is 8.06. The topological polar surface area (TPSA) is 52.6 Å². The Bertz CT molecular complexity index is 375. The monoisotopic (exact) mass is 282 g/mol. The Morgan fingerprint density at radius 2 is 1.95 bits per heavy atom. The average molecular weight is 282 g/mol. The Balaban J connectivity index is 0.000000704. The SMILES string of the molecule is CC.CCC(CC)C(=O)OC1C2CC3C(=O)OC1C3C2. The van der Waals surface area contributed by atoms with Crippen LogP contribution in [0.15, 0.2) is 0 Å². The van der Waals surface area contributed by atoms with E-state index >= 15 is 0 Å². The third kappa shape index (κ3) is 2.33. The Hall–Kier alpha value is -1.06. The number of hydrogen-bond donors (Lipinski definition) is 0. The van der Waals surface area contributed by atoms with Gasteiger partial charge in [-0.1, -0.05) is 27.7 Å². The largest absolute Gasteiger partial charge is 0.458 e. The first kappa shape index (κ1) is 15.3. The number of hydrogen-bond acceptors (Lipinski definition) is 4. The van der Waals surface area contributed by atoms with Crippen molar-refractivity contribution in [1.29, 1.82) is 0 Å². The lowest BCUT2D eigenvalue weighted by Gasteiger charge is -2.26. The molecule has 0 radical (unpaired) electrons. The van der Waals surface area contributed by atoms with E-state index < -0.39 is 0 Å². The molecular formula is C16H26O4. The van der Waals surface area contributed by atoms with Crippen LogP contribution in [0.25, 0.3) is 0 Å². The Labute approximate surface area is 121 Å². The summed E-state index contributed by atoms with van der Waals surface area (Å²) in [4.78, 5) is 23.6. The van der Waals surface area contributed by atoms with Crippen molar-refractivity contribution in [1.82, 2.24) is 0 Å². The first-order chi connectivity index (χ1) is 9.65. The van der Waals surface area contributed by atoms with Gasteiger partial charge >= 0.3 is 11.9 Å². The molecule has 1 saturated heterocycles. The van der Waals surface area contributed by atoms with Crippen LogP contribution in [0.3, 0.4) is 0 Å². The molecule has 5 unspecified atom stereocenters. The highest BCUT2D eigenvalue weighted by Gasteiger charge is 2.63. The lowest BCUT2D eigenvalue weighted by atomic mass is 9.88. The van der Waals surface area contributed by atoms with E-state index in [4.69, 9.17) is 9.47 Å². The summed E-state index contributed by atoms with van der Waals surface area (Å²) >= 11 is 0. The highest BCUT2D eigenvalue weighted by molar-refractivity contribution is 5.77. The summed E-state index contributed by atoms with van der Waals surface area (Å²) < 4.78 is 11.0. The van der Waals surface area contributed by atoms with Crippen molar-refractivity contribution >= 4 is 11.9 Å². The van der Waals surface area contributed by atoms with Crippen LogP contribution in [0.1, 0.15) is 53.4 Å². The van der Waals surface area contributed by atoms with Gasteiger partial charge in [-0.25, -0.2) is 0 Å². The van der Waals surface area contributed by atoms with Crippen LogP contribution in [0, 0.1) is 23.7 Å². The van der Waals surface area contributed by atoms with E-state index in [0.717, 1.165) is 25.7 Å². The van der Waals surface area contributed by atoms with Crippen LogP contribution in [0.4, 0.5) is 0 Å². The third-order valence-corrected chi connectivity index (χ3v) is 4.98. The van der Waals surface area contributed by atoms with Crippen molar-refractivity contribution in [2.45, 2.75) is 65.6 Å². The number of rotatable bonds is 4. The number of carbonyl (C=O) groups excluding carboxylic acids is 2. The van der Waals surface area contributed by atoms with Crippen molar-refractivity contribution in [2.24, 2.45) is 23.7 Å². The molecule has 3 fully saturated rings.